The Morgan fingerprint density at radius 1 is 1.09 bits per heavy atom. The molecule has 3 saturated heterocycles. The zero-order chi connectivity index (χ0) is 37.8. The van der Waals surface area contributed by atoms with Gasteiger partial charge in [0.1, 0.15) is 35.2 Å². The van der Waals surface area contributed by atoms with Gasteiger partial charge in [0.2, 0.25) is 11.9 Å². The summed E-state index contributed by atoms with van der Waals surface area (Å²) in [6, 6.07) is 13.4. The molecule has 4 N–H and O–H groups in total. The molecule has 3 aliphatic heterocycles. The monoisotopic (exact) mass is 752 g/mol. The van der Waals surface area contributed by atoms with Gasteiger partial charge in [0, 0.05) is 70.5 Å². The number of hydrogen-bond acceptors (Lipinski definition) is 12. The van der Waals surface area contributed by atoms with Gasteiger partial charge in [-0.15, -0.1) is 0 Å². The van der Waals surface area contributed by atoms with Crippen LogP contribution in [-0.4, -0.2) is 110 Å². The molecular formula is C37H44N12O4S. The number of nitrogens with zero attached hydrogens (tertiary/aromatic N) is 8. The van der Waals surface area contributed by atoms with Crippen molar-refractivity contribution in [2.75, 3.05) is 68.5 Å². The van der Waals surface area contributed by atoms with Crippen LogP contribution in [0.4, 0.5) is 22.4 Å². The maximum Gasteiger partial charge on any atom is 0.329 e. The average Bonchev–Trinajstić information content (AvgIpc) is 3.52. The van der Waals surface area contributed by atoms with Crippen LogP contribution in [0.15, 0.2) is 47.5 Å². The molecule has 0 aliphatic carbocycles. The second-order valence-electron chi connectivity index (χ2n) is 13.7. The molecule has 54 heavy (non-hydrogen) atoms. The number of carbonyl (C=O) groups excluding carboxylic acids is 2. The van der Waals surface area contributed by atoms with Crippen molar-refractivity contribution in [2.24, 2.45) is 7.05 Å². The molecule has 16 nitrogen and oxygen atoms in total. The number of carbonyl (C=O) groups is 2. The Hall–Kier alpha value is -5.44. The van der Waals surface area contributed by atoms with Gasteiger partial charge in [0.15, 0.2) is 5.82 Å². The standard InChI is InChI=1S/C37H44N12O4S/c1-40-34-27(22-39)23-41-36(44-34)42-28-9-14-48(15-10-28)54(52)29-5-3-26(21-38)32(20-29)53-18-17-47-12-7-24(8-13-47)25-4-6-30-31(19-25)46(2)45-35(30)49-16-11-33(50)43-37(49)51/h3-6,19-20,22-24,28,39H,7-18H2,1-2H3,(H,43,50,51)(H2,40,41,42,44). The third kappa shape index (κ3) is 7.91. The van der Waals surface area contributed by atoms with Gasteiger partial charge in [-0.3, -0.25) is 24.6 Å². The predicted molar refractivity (Wildman–Crippen MR) is 205 cm³/mol. The number of rotatable bonds is 12. The van der Waals surface area contributed by atoms with E-state index in [1.165, 1.54) is 16.7 Å². The molecule has 1 unspecified atom stereocenters. The smallest absolute Gasteiger partial charge is 0.329 e. The summed E-state index contributed by atoms with van der Waals surface area (Å²) < 4.78 is 23.5. The summed E-state index contributed by atoms with van der Waals surface area (Å²) in [6.07, 6.45) is 6.55. The van der Waals surface area contributed by atoms with Crippen LogP contribution in [0.5, 0.6) is 5.75 Å². The van der Waals surface area contributed by atoms with Crippen LogP contribution in [0.3, 0.4) is 0 Å². The number of benzene rings is 2. The minimum absolute atomic E-state index is 0.127. The zero-order valence-electron chi connectivity index (χ0n) is 30.4. The highest BCUT2D eigenvalue weighted by molar-refractivity contribution is 7.82. The van der Waals surface area contributed by atoms with Crippen LogP contribution in [0, 0.1) is 16.7 Å². The van der Waals surface area contributed by atoms with Gasteiger partial charge < -0.3 is 20.8 Å². The van der Waals surface area contributed by atoms with E-state index in [4.69, 9.17) is 10.1 Å². The number of hydrogen-bond donors (Lipinski definition) is 4. The lowest BCUT2D eigenvalue weighted by Gasteiger charge is -2.32. The Morgan fingerprint density at radius 2 is 1.89 bits per heavy atom. The molecule has 3 amide bonds. The van der Waals surface area contributed by atoms with Crippen molar-refractivity contribution in [1.82, 2.24) is 34.3 Å². The Kier molecular flexibility index (Phi) is 11.1. The van der Waals surface area contributed by atoms with Crippen molar-refractivity contribution in [2.45, 2.75) is 49.0 Å². The molecule has 282 valence electrons. The highest BCUT2D eigenvalue weighted by Crippen LogP contribution is 2.34. The van der Waals surface area contributed by atoms with Crippen LogP contribution in [0.1, 0.15) is 54.7 Å². The van der Waals surface area contributed by atoms with Crippen LogP contribution in [0.25, 0.3) is 10.9 Å². The largest absolute Gasteiger partial charge is 0.491 e. The molecule has 5 heterocycles. The van der Waals surface area contributed by atoms with Gasteiger partial charge in [-0.2, -0.15) is 15.3 Å². The first-order valence-corrected chi connectivity index (χ1v) is 19.3. The number of aromatic nitrogens is 4. The number of piperidine rings is 2. The SMILES string of the molecule is CNc1nc(NC2CCN(S(=O)c3ccc(C#N)c(OCCN4CCC(c5ccc6c(N7CCC(=O)NC7=O)nn(C)c6c5)CC4)c3)CC2)ncc1C=N. The van der Waals surface area contributed by atoms with Crippen molar-refractivity contribution < 1.29 is 18.5 Å². The Morgan fingerprint density at radius 3 is 2.61 bits per heavy atom. The minimum Gasteiger partial charge on any atom is -0.491 e. The highest BCUT2D eigenvalue weighted by atomic mass is 32.2. The van der Waals surface area contributed by atoms with E-state index in [9.17, 15) is 19.1 Å². The van der Waals surface area contributed by atoms with Gasteiger partial charge >= 0.3 is 6.03 Å². The summed E-state index contributed by atoms with van der Waals surface area (Å²) in [4.78, 5) is 37.4. The fourth-order valence-electron chi connectivity index (χ4n) is 7.34. The number of urea groups is 1. The molecule has 1 atom stereocenters. The second-order valence-corrected chi connectivity index (χ2v) is 15.2. The lowest BCUT2D eigenvalue weighted by atomic mass is 9.89. The summed E-state index contributed by atoms with van der Waals surface area (Å²) in [5.74, 6) is 2.20. The zero-order valence-corrected chi connectivity index (χ0v) is 31.2. The maximum absolute atomic E-state index is 13.6. The van der Waals surface area contributed by atoms with Gasteiger partial charge in [0.05, 0.1) is 21.5 Å². The number of likely N-dealkylation sites (tertiary alicyclic amines) is 1. The molecular weight excluding hydrogens is 709 g/mol. The summed E-state index contributed by atoms with van der Waals surface area (Å²) in [5, 5.41) is 31.5. The van der Waals surface area contributed by atoms with Gasteiger partial charge in [-0.1, -0.05) is 6.07 Å². The molecule has 4 aromatic rings. The normalized spacial score (nSPS) is 18.3. The Balaban J connectivity index is 0.895. The van der Waals surface area contributed by atoms with Crippen LogP contribution >= 0.6 is 0 Å². The molecule has 0 radical (unpaired) electrons. The van der Waals surface area contributed by atoms with Crippen LogP contribution in [-0.2, 0) is 22.8 Å². The summed E-state index contributed by atoms with van der Waals surface area (Å²) >= 11 is 0. The number of nitrogens with one attached hydrogen (secondary N) is 4. The van der Waals surface area contributed by atoms with Crippen molar-refractivity contribution >= 4 is 57.6 Å². The van der Waals surface area contributed by atoms with Crippen molar-refractivity contribution in [3.63, 3.8) is 0 Å². The van der Waals surface area contributed by atoms with E-state index in [-0.39, 0.29) is 18.4 Å². The molecule has 0 bridgehead atoms. The summed E-state index contributed by atoms with van der Waals surface area (Å²) in [5.41, 5.74) is 3.21. The van der Waals surface area contributed by atoms with Gasteiger partial charge in [-0.05, 0) is 80.6 Å². The summed E-state index contributed by atoms with van der Waals surface area (Å²) in [6.45, 7) is 4.46. The highest BCUT2D eigenvalue weighted by Gasteiger charge is 2.29. The lowest BCUT2D eigenvalue weighted by Crippen LogP contribution is -2.49. The van der Waals surface area contributed by atoms with Crippen LogP contribution < -0.4 is 25.6 Å². The van der Waals surface area contributed by atoms with Crippen molar-refractivity contribution in [1.29, 1.82) is 10.7 Å². The molecule has 3 fully saturated rings. The van der Waals surface area contributed by atoms with Crippen molar-refractivity contribution in [3.8, 4) is 11.8 Å². The quantitative estimate of drug-likeness (QED) is 0.154. The van der Waals surface area contributed by atoms with Gasteiger partial charge in [0.25, 0.3) is 0 Å². The predicted octanol–water partition coefficient (Wildman–Crippen LogP) is 3.58. The number of ether oxygens (including phenoxy) is 1. The van der Waals surface area contributed by atoms with E-state index in [2.05, 4.69) is 54.1 Å². The van der Waals surface area contributed by atoms with E-state index >= 15 is 0 Å². The Bertz CT molecular complexity index is 2120. The molecule has 7 rings (SSSR count). The van der Waals surface area contributed by atoms with E-state index in [1.54, 1.807) is 36.1 Å². The molecule has 0 saturated carbocycles. The first kappa shape index (κ1) is 36.9. The fraction of sp³-hybridized carbons (Fsp3) is 0.432. The molecule has 2 aromatic heterocycles. The lowest BCUT2D eigenvalue weighted by molar-refractivity contribution is -0.120. The number of fused-ring (bicyclic) bond motifs is 1. The number of anilines is 3. The van der Waals surface area contributed by atoms with E-state index in [1.807, 2.05) is 17.4 Å². The van der Waals surface area contributed by atoms with Crippen LogP contribution in [0.2, 0.25) is 0 Å². The molecule has 0 spiro atoms. The summed E-state index contributed by atoms with van der Waals surface area (Å²) in [7, 11) is 2.22. The number of nitriles is 1. The topological polar surface area (TPSA) is 197 Å². The van der Waals surface area contributed by atoms with E-state index in [0.717, 1.165) is 49.7 Å². The molecule has 2 aromatic carbocycles. The first-order valence-electron chi connectivity index (χ1n) is 18.2. The Labute approximate surface area is 316 Å². The van der Waals surface area contributed by atoms with E-state index in [0.29, 0.717) is 78.1 Å². The van der Waals surface area contributed by atoms with E-state index < -0.39 is 17.0 Å². The number of imide groups is 1. The number of aryl methyl sites for hydroxylation is 1. The molecule has 3 aliphatic rings. The van der Waals surface area contributed by atoms with Crippen molar-refractivity contribution in [3.05, 3.63) is 59.3 Å². The van der Waals surface area contributed by atoms with Gasteiger partial charge in [-0.25, -0.2) is 18.3 Å². The minimum atomic E-state index is -1.41. The first-order chi connectivity index (χ1) is 26.2. The second kappa shape index (κ2) is 16.3. The number of amides is 3. The third-order valence-corrected chi connectivity index (χ3v) is 11.9. The third-order valence-electron chi connectivity index (χ3n) is 10.4. The molecule has 17 heteroatoms. The average molecular weight is 753 g/mol. The fourth-order valence-corrected chi connectivity index (χ4v) is 8.57. The maximum atomic E-state index is 13.6.